The summed E-state index contributed by atoms with van der Waals surface area (Å²) in [4.78, 5) is 0. The van der Waals surface area contributed by atoms with Gasteiger partial charge in [0, 0.05) is 0 Å². The Morgan fingerprint density at radius 3 is 1.44 bits per heavy atom. The molecule has 0 aliphatic heterocycles. The fourth-order valence-electron chi connectivity index (χ4n) is 2.63. The Morgan fingerprint density at radius 1 is 0.750 bits per heavy atom. The highest BCUT2D eigenvalue weighted by molar-refractivity contribution is 5.37. The predicted octanol–water partition coefficient (Wildman–Crippen LogP) is 3.60. The first kappa shape index (κ1) is 11.6. The molecule has 0 fully saturated rings. The fraction of sp³-hybridized carbons (Fsp3) is 0.714. The van der Waals surface area contributed by atoms with Crippen molar-refractivity contribution in [2.75, 3.05) is 0 Å². The summed E-state index contributed by atoms with van der Waals surface area (Å²) in [5, 5.41) is 8.93. The van der Waals surface area contributed by atoms with Crippen LogP contribution in [-0.4, -0.2) is 10.2 Å². The average molecular weight is 218 g/mol. The summed E-state index contributed by atoms with van der Waals surface area (Å²) in [6.45, 7) is 8.86. The van der Waals surface area contributed by atoms with Crippen molar-refractivity contribution in [2.24, 2.45) is 0 Å². The zero-order valence-corrected chi connectivity index (χ0v) is 10.9. The van der Waals surface area contributed by atoms with Crippen LogP contribution in [0.3, 0.4) is 0 Å². The molecule has 0 aromatic carbocycles. The van der Waals surface area contributed by atoms with E-state index in [2.05, 4.69) is 37.9 Å². The Bertz CT molecular complexity index is 344. The van der Waals surface area contributed by atoms with Gasteiger partial charge >= 0.3 is 0 Å². The van der Waals surface area contributed by atoms with E-state index in [1.54, 1.807) is 0 Å². The number of nitrogens with zero attached hydrogens (tertiary/aromatic N) is 2. The maximum Gasteiger partial charge on any atom is 0.0691 e. The molecule has 0 unspecified atom stereocenters. The number of fused-ring (bicyclic) bond motifs is 1. The van der Waals surface area contributed by atoms with E-state index in [0.29, 0.717) is 11.8 Å². The van der Waals surface area contributed by atoms with Crippen LogP contribution < -0.4 is 0 Å². The normalized spacial score (nSPS) is 15.6. The van der Waals surface area contributed by atoms with Gasteiger partial charge in [0.2, 0.25) is 0 Å². The van der Waals surface area contributed by atoms with Crippen LogP contribution >= 0.6 is 0 Å². The molecule has 0 spiro atoms. The van der Waals surface area contributed by atoms with Crippen molar-refractivity contribution in [3.8, 4) is 0 Å². The summed E-state index contributed by atoms with van der Waals surface area (Å²) < 4.78 is 0. The van der Waals surface area contributed by atoms with Gasteiger partial charge in [-0.15, -0.1) is 0 Å². The maximum atomic E-state index is 4.46. The Morgan fingerprint density at radius 2 is 1.12 bits per heavy atom. The molecular formula is C14H22N2. The lowest BCUT2D eigenvalue weighted by molar-refractivity contribution is 0.619. The Kier molecular flexibility index (Phi) is 3.27. The summed E-state index contributed by atoms with van der Waals surface area (Å²) in [5.41, 5.74) is 5.50. The molecule has 0 saturated heterocycles. The Balaban J connectivity index is 2.54. The van der Waals surface area contributed by atoms with Crippen molar-refractivity contribution in [2.45, 2.75) is 65.2 Å². The van der Waals surface area contributed by atoms with Gasteiger partial charge in [-0.25, -0.2) is 0 Å². The highest BCUT2D eigenvalue weighted by Gasteiger charge is 2.21. The van der Waals surface area contributed by atoms with E-state index in [1.807, 2.05) is 0 Å². The molecule has 2 nitrogen and oxygen atoms in total. The third kappa shape index (κ3) is 1.98. The molecular weight excluding hydrogens is 196 g/mol. The molecule has 16 heavy (non-hydrogen) atoms. The molecule has 0 atom stereocenters. The summed E-state index contributed by atoms with van der Waals surface area (Å²) in [6, 6.07) is 0. The van der Waals surface area contributed by atoms with Crippen LogP contribution in [0.15, 0.2) is 0 Å². The smallest absolute Gasteiger partial charge is 0.0691 e. The van der Waals surface area contributed by atoms with Crippen molar-refractivity contribution in [3.05, 3.63) is 22.5 Å². The third-order valence-corrected chi connectivity index (χ3v) is 3.45. The first-order chi connectivity index (χ1) is 7.61. The third-order valence-electron chi connectivity index (χ3n) is 3.45. The van der Waals surface area contributed by atoms with Gasteiger partial charge in [0.05, 0.1) is 11.4 Å². The lowest BCUT2D eigenvalue weighted by Gasteiger charge is -2.23. The summed E-state index contributed by atoms with van der Waals surface area (Å²) in [5.74, 6) is 1.00. The van der Waals surface area contributed by atoms with E-state index in [4.69, 9.17) is 0 Å². The quantitative estimate of drug-likeness (QED) is 0.758. The van der Waals surface area contributed by atoms with Gasteiger partial charge in [-0.1, -0.05) is 27.7 Å². The molecule has 2 heteroatoms. The van der Waals surface area contributed by atoms with Gasteiger partial charge in [0.25, 0.3) is 0 Å². The van der Waals surface area contributed by atoms with Crippen LogP contribution in [-0.2, 0) is 12.8 Å². The minimum Gasteiger partial charge on any atom is -0.155 e. The molecule has 1 heterocycles. The van der Waals surface area contributed by atoms with Crippen molar-refractivity contribution in [1.82, 2.24) is 10.2 Å². The molecule has 1 aliphatic rings. The summed E-state index contributed by atoms with van der Waals surface area (Å²) >= 11 is 0. The SMILES string of the molecule is CC(C)c1nnc(C(C)C)c2c1CCCC2. The van der Waals surface area contributed by atoms with E-state index in [9.17, 15) is 0 Å². The van der Waals surface area contributed by atoms with Crippen LogP contribution in [0.1, 0.15) is 74.9 Å². The second kappa shape index (κ2) is 4.52. The molecule has 2 rings (SSSR count). The zero-order chi connectivity index (χ0) is 11.7. The van der Waals surface area contributed by atoms with E-state index in [0.717, 1.165) is 0 Å². The largest absolute Gasteiger partial charge is 0.155 e. The second-order valence-corrected chi connectivity index (χ2v) is 5.44. The van der Waals surface area contributed by atoms with Crippen LogP contribution in [0.25, 0.3) is 0 Å². The topological polar surface area (TPSA) is 25.8 Å². The zero-order valence-electron chi connectivity index (χ0n) is 10.9. The maximum absolute atomic E-state index is 4.46. The van der Waals surface area contributed by atoms with Crippen molar-refractivity contribution in [3.63, 3.8) is 0 Å². The standard InChI is InChI=1S/C14H22N2/c1-9(2)13-11-7-5-6-8-12(11)14(10(3)4)16-15-13/h9-10H,5-8H2,1-4H3. The van der Waals surface area contributed by atoms with E-state index in [-0.39, 0.29) is 0 Å². The Labute approximate surface area is 98.5 Å². The van der Waals surface area contributed by atoms with Crippen LogP contribution in [0.5, 0.6) is 0 Å². The van der Waals surface area contributed by atoms with Gasteiger partial charge in [-0.05, 0) is 48.6 Å². The number of aromatic nitrogens is 2. The molecule has 0 bridgehead atoms. The number of hydrogen-bond acceptors (Lipinski definition) is 2. The number of hydrogen-bond donors (Lipinski definition) is 0. The highest BCUT2D eigenvalue weighted by atomic mass is 15.1. The molecule has 1 aromatic rings. The van der Waals surface area contributed by atoms with Crippen LogP contribution in [0, 0.1) is 0 Å². The molecule has 0 radical (unpaired) electrons. The van der Waals surface area contributed by atoms with Gasteiger partial charge in [0.1, 0.15) is 0 Å². The monoisotopic (exact) mass is 218 g/mol. The molecule has 0 N–H and O–H groups in total. The van der Waals surface area contributed by atoms with Crippen molar-refractivity contribution >= 4 is 0 Å². The molecule has 0 amide bonds. The van der Waals surface area contributed by atoms with Gasteiger partial charge in [-0.2, -0.15) is 10.2 Å². The van der Waals surface area contributed by atoms with Crippen molar-refractivity contribution in [1.29, 1.82) is 0 Å². The van der Waals surface area contributed by atoms with Gasteiger partial charge in [0.15, 0.2) is 0 Å². The second-order valence-electron chi connectivity index (χ2n) is 5.44. The lowest BCUT2D eigenvalue weighted by Crippen LogP contribution is -2.15. The first-order valence-electron chi connectivity index (χ1n) is 6.49. The average Bonchev–Trinajstić information content (AvgIpc) is 2.27. The van der Waals surface area contributed by atoms with Gasteiger partial charge < -0.3 is 0 Å². The van der Waals surface area contributed by atoms with E-state index in [1.165, 1.54) is 48.2 Å². The highest BCUT2D eigenvalue weighted by Crippen LogP contribution is 2.31. The minimum atomic E-state index is 0.501. The lowest BCUT2D eigenvalue weighted by atomic mass is 9.85. The predicted molar refractivity (Wildman–Crippen MR) is 66.9 cm³/mol. The molecule has 88 valence electrons. The van der Waals surface area contributed by atoms with Crippen LogP contribution in [0.2, 0.25) is 0 Å². The fourth-order valence-corrected chi connectivity index (χ4v) is 2.63. The minimum absolute atomic E-state index is 0.501. The number of rotatable bonds is 2. The first-order valence-corrected chi connectivity index (χ1v) is 6.49. The Hall–Kier alpha value is -0.920. The van der Waals surface area contributed by atoms with Crippen LogP contribution in [0.4, 0.5) is 0 Å². The summed E-state index contributed by atoms with van der Waals surface area (Å²) in [7, 11) is 0. The van der Waals surface area contributed by atoms with E-state index < -0.39 is 0 Å². The van der Waals surface area contributed by atoms with E-state index >= 15 is 0 Å². The molecule has 1 aromatic heterocycles. The summed E-state index contributed by atoms with van der Waals surface area (Å²) in [6.07, 6.45) is 5.04. The van der Waals surface area contributed by atoms with Crippen molar-refractivity contribution < 1.29 is 0 Å². The molecule has 1 aliphatic carbocycles. The molecule has 0 saturated carbocycles. The van der Waals surface area contributed by atoms with Gasteiger partial charge in [-0.3, -0.25) is 0 Å².